The molecule has 0 aromatic heterocycles. The summed E-state index contributed by atoms with van der Waals surface area (Å²) < 4.78 is 10.9. The lowest BCUT2D eigenvalue weighted by atomic mass is 10.1. The zero-order valence-corrected chi connectivity index (χ0v) is 11.7. The van der Waals surface area contributed by atoms with Crippen LogP contribution in [0.25, 0.3) is 10.8 Å². The van der Waals surface area contributed by atoms with Crippen LogP contribution < -0.4 is 9.47 Å². The minimum absolute atomic E-state index is 0.150. The first kappa shape index (κ1) is 13.3. The Morgan fingerprint density at radius 3 is 2.43 bits per heavy atom. The number of benzene rings is 3. The van der Waals surface area contributed by atoms with Gasteiger partial charge in [0.15, 0.2) is 11.5 Å². The van der Waals surface area contributed by atoms with E-state index in [1.807, 2.05) is 54.6 Å². The highest BCUT2D eigenvalue weighted by Crippen LogP contribution is 2.32. The van der Waals surface area contributed by atoms with E-state index in [0.717, 1.165) is 22.1 Å². The first-order valence-corrected chi connectivity index (χ1v) is 6.74. The summed E-state index contributed by atoms with van der Waals surface area (Å²) in [6, 6.07) is 19.1. The molecule has 3 aromatic carbocycles. The third kappa shape index (κ3) is 2.92. The van der Waals surface area contributed by atoms with Crippen molar-refractivity contribution in [2.45, 2.75) is 6.61 Å². The zero-order chi connectivity index (χ0) is 14.7. The van der Waals surface area contributed by atoms with Gasteiger partial charge in [-0.2, -0.15) is 0 Å². The third-order valence-electron chi connectivity index (χ3n) is 3.36. The van der Waals surface area contributed by atoms with Gasteiger partial charge in [0.25, 0.3) is 0 Å². The zero-order valence-electron chi connectivity index (χ0n) is 11.7. The minimum atomic E-state index is 0.150. The predicted octanol–water partition coefficient (Wildman–Crippen LogP) is 4.13. The molecular formula is C18H16O3. The number of phenolic OH excluding ortho intramolecular Hbond substituents is 1. The molecular weight excluding hydrogens is 264 g/mol. The lowest BCUT2D eigenvalue weighted by Crippen LogP contribution is -1.96. The molecule has 0 spiro atoms. The van der Waals surface area contributed by atoms with Crippen molar-refractivity contribution in [1.82, 2.24) is 0 Å². The molecule has 3 heteroatoms. The second-order valence-electron chi connectivity index (χ2n) is 4.81. The predicted molar refractivity (Wildman–Crippen MR) is 82.9 cm³/mol. The molecule has 0 atom stereocenters. The maximum atomic E-state index is 10.0. The standard InChI is InChI=1S/C18H16O3/c1-20-16-8-4-5-13(9-16)12-21-18-11-15-7-3-2-6-14(15)10-17(18)19/h2-11,19H,12H2,1H3. The molecule has 106 valence electrons. The summed E-state index contributed by atoms with van der Waals surface area (Å²) in [4.78, 5) is 0. The lowest BCUT2D eigenvalue weighted by molar-refractivity contribution is 0.289. The Bertz CT molecular complexity index is 765. The largest absolute Gasteiger partial charge is 0.504 e. The Kier molecular flexibility index (Phi) is 3.65. The van der Waals surface area contributed by atoms with Gasteiger partial charge in [0.1, 0.15) is 12.4 Å². The summed E-state index contributed by atoms with van der Waals surface area (Å²) in [5.41, 5.74) is 0.988. The number of rotatable bonds is 4. The molecule has 0 unspecified atom stereocenters. The van der Waals surface area contributed by atoms with Crippen molar-refractivity contribution in [2.24, 2.45) is 0 Å². The minimum Gasteiger partial charge on any atom is -0.504 e. The van der Waals surface area contributed by atoms with E-state index in [9.17, 15) is 5.11 Å². The van der Waals surface area contributed by atoms with E-state index in [2.05, 4.69) is 0 Å². The monoisotopic (exact) mass is 280 g/mol. The highest BCUT2D eigenvalue weighted by atomic mass is 16.5. The maximum absolute atomic E-state index is 10.0. The van der Waals surface area contributed by atoms with Crippen LogP contribution in [0.5, 0.6) is 17.2 Å². The van der Waals surface area contributed by atoms with Crippen LogP contribution in [0, 0.1) is 0 Å². The number of fused-ring (bicyclic) bond motifs is 1. The van der Waals surface area contributed by atoms with Crippen LogP contribution in [0.3, 0.4) is 0 Å². The molecule has 0 aliphatic carbocycles. The summed E-state index contributed by atoms with van der Waals surface area (Å²) in [7, 11) is 1.63. The van der Waals surface area contributed by atoms with E-state index in [1.165, 1.54) is 0 Å². The van der Waals surface area contributed by atoms with Crippen LogP contribution in [0.4, 0.5) is 0 Å². The van der Waals surface area contributed by atoms with Crippen molar-refractivity contribution in [3.8, 4) is 17.2 Å². The van der Waals surface area contributed by atoms with E-state index in [4.69, 9.17) is 9.47 Å². The highest BCUT2D eigenvalue weighted by Gasteiger charge is 2.05. The van der Waals surface area contributed by atoms with Crippen molar-refractivity contribution >= 4 is 10.8 Å². The average molecular weight is 280 g/mol. The Balaban J connectivity index is 1.82. The number of methoxy groups -OCH3 is 1. The molecule has 1 N–H and O–H groups in total. The van der Waals surface area contributed by atoms with Gasteiger partial charge in [-0.05, 0) is 40.6 Å². The lowest BCUT2D eigenvalue weighted by Gasteiger charge is -2.10. The fraction of sp³-hybridized carbons (Fsp3) is 0.111. The normalized spacial score (nSPS) is 10.5. The van der Waals surface area contributed by atoms with Gasteiger partial charge in [-0.25, -0.2) is 0 Å². The van der Waals surface area contributed by atoms with Crippen molar-refractivity contribution in [1.29, 1.82) is 0 Å². The van der Waals surface area contributed by atoms with Gasteiger partial charge in [0.2, 0.25) is 0 Å². The summed E-state index contributed by atoms with van der Waals surface area (Å²) in [6.45, 7) is 0.378. The second kappa shape index (κ2) is 5.75. The third-order valence-corrected chi connectivity index (χ3v) is 3.36. The number of hydrogen-bond donors (Lipinski definition) is 1. The average Bonchev–Trinajstić information content (AvgIpc) is 2.53. The molecule has 0 heterocycles. The van der Waals surface area contributed by atoms with Gasteiger partial charge < -0.3 is 14.6 Å². The summed E-state index contributed by atoms with van der Waals surface area (Å²) >= 11 is 0. The fourth-order valence-corrected chi connectivity index (χ4v) is 2.25. The molecule has 3 aromatic rings. The molecule has 0 amide bonds. The number of hydrogen-bond acceptors (Lipinski definition) is 3. The van der Waals surface area contributed by atoms with Crippen LogP contribution in [0.2, 0.25) is 0 Å². The van der Waals surface area contributed by atoms with Crippen molar-refractivity contribution in [3.05, 3.63) is 66.2 Å². The quantitative estimate of drug-likeness (QED) is 0.781. The van der Waals surface area contributed by atoms with Gasteiger partial charge in [-0.1, -0.05) is 36.4 Å². The second-order valence-corrected chi connectivity index (χ2v) is 4.81. The molecule has 21 heavy (non-hydrogen) atoms. The number of aromatic hydroxyl groups is 1. The molecule has 0 saturated heterocycles. The molecule has 0 fully saturated rings. The SMILES string of the molecule is COc1cccc(COc2cc3ccccc3cc2O)c1. The molecule has 0 saturated carbocycles. The first-order chi connectivity index (χ1) is 10.3. The highest BCUT2D eigenvalue weighted by molar-refractivity contribution is 5.85. The Labute approximate surface area is 123 Å². The Morgan fingerprint density at radius 2 is 1.67 bits per heavy atom. The smallest absolute Gasteiger partial charge is 0.162 e. The van der Waals surface area contributed by atoms with Gasteiger partial charge in [-0.15, -0.1) is 0 Å². The van der Waals surface area contributed by atoms with E-state index >= 15 is 0 Å². The van der Waals surface area contributed by atoms with E-state index in [-0.39, 0.29) is 5.75 Å². The van der Waals surface area contributed by atoms with Crippen LogP contribution in [0.1, 0.15) is 5.56 Å². The van der Waals surface area contributed by atoms with E-state index in [1.54, 1.807) is 13.2 Å². The molecule has 0 bridgehead atoms. The van der Waals surface area contributed by atoms with Gasteiger partial charge in [0.05, 0.1) is 7.11 Å². The van der Waals surface area contributed by atoms with Crippen LogP contribution >= 0.6 is 0 Å². The summed E-state index contributed by atoms with van der Waals surface area (Å²) in [6.07, 6.45) is 0. The first-order valence-electron chi connectivity index (χ1n) is 6.74. The Hall–Kier alpha value is -2.68. The Morgan fingerprint density at radius 1 is 0.905 bits per heavy atom. The van der Waals surface area contributed by atoms with Gasteiger partial charge in [-0.3, -0.25) is 0 Å². The molecule has 3 rings (SSSR count). The van der Waals surface area contributed by atoms with Gasteiger partial charge >= 0.3 is 0 Å². The maximum Gasteiger partial charge on any atom is 0.162 e. The van der Waals surface area contributed by atoms with Crippen molar-refractivity contribution < 1.29 is 14.6 Å². The number of ether oxygens (including phenoxy) is 2. The summed E-state index contributed by atoms with van der Waals surface area (Å²) in [5, 5.41) is 12.1. The summed E-state index contributed by atoms with van der Waals surface area (Å²) in [5.74, 6) is 1.42. The van der Waals surface area contributed by atoms with E-state index in [0.29, 0.717) is 12.4 Å². The molecule has 0 radical (unpaired) electrons. The van der Waals surface area contributed by atoms with Gasteiger partial charge in [0, 0.05) is 0 Å². The van der Waals surface area contributed by atoms with E-state index < -0.39 is 0 Å². The number of phenols is 1. The van der Waals surface area contributed by atoms with Crippen LogP contribution in [0.15, 0.2) is 60.7 Å². The van der Waals surface area contributed by atoms with Crippen LogP contribution in [-0.4, -0.2) is 12.2 Å². The van der Waals surface area contributed by atoms with Crippen molar-refractivity contribution in [3.63, 3.8) is 0 Å². The van der Waals surface area contributed by atoms with Crippen LogP contribution in [-0.2, 0) is 6.61 Å². The molecule has 0 aliphatic heterocycles. The fourth-order valence-electron chi connectivity index (χ4n) is 2.25. The van der Waals surface area contributed by atoms with Crippen molar-refractivity contribution in [2.75, 3.05) is 7.11 Å². The molecule has 3 nitrogen and oxygen atoms in total. The topological polar surface area (TPSA) is 38.7 Å². The molecule has 0 aliphatic rings.